The first-order valence-electron chi connectivity index (χ1n) is 9.70. The van der Waals surface area contributed by atoms with Gasteiger partial charge >= 0.3 is 0 Å². The maximum absolute atomic E-state index is 13.0. The predicted octanol–water partition coefficient (Wildman–Crippen LogP) is 5.31. The van der Waals surface area contributed by atoms with Crippen molar-refractivity contribution in [3.8, 4) is 11.5 Å². The van der Waals surface area contributed by atoms with E-state index in [2.05, 4.69) is 27.8 Å². The van der Waals surface area contributed by atoms with Crippen LogP contribution in [0.5, 0.6) is 11.5 Å². The van der Waals surface area contributed by atoms with Crippen LogP contribution in [0.1, 0.15) is 46.8 Å². The Morgan fingerprint density at radius 3 is 2.61 bits per heavy atom. The lowest BCUT2D eigenvalue weighted by atomic mass is 9.96. The molecule has 0 aliphatic carbocycles. The van der Waals surface area contributed by atoms with Crippen molar-refractivity contribution in [3.63, 3.8) is 0 Å². The Labute approximate surface area is 173 Å². The summed E-state index contributed by atoms with van der Waals surface area (Å²) in [5.41, 5.74) is 2.92. The van der Waals surface area contributed by atoms with Crippen LogP contribution in [-0.4, -0.2) is 28.9 Å². The van der Waals surface area contributed by atoms with Gasteiger partial charge in [0.25, 0.3) is 0 Å². The highest BCUT2D eigenvalue weighted by Crippen LogP contribution is 2.42. The van der Waals surface area contributed by atoms with E-state index in [1.165, 1.54) is 0 Å². The van der Waals surface area contributed by atoms with Crippen molar-refractivity contribution in [2.45, 2.75) is 33.2 Å². The summed E-state index contributed by atoms with van der Waals surface area (Å²) in [7, 11) is 0. The minimum absolute atomic E-state index is 0.121. The second-order valence-corrected chi connectivity index (χ2v) is 8.76. The molecule has 0 amide bonds. The zero-order valence-corrected chi connectivity index (χ0v) is 17.8. The molecule has 2 aliphatic heterocycles. The minimum Gasteiger partial charge on any atom is -0.507 e. The molecule has 2 aromatic carbocycles. The first-order valence-corrected chi connectivity index (χ1v) is 10.5. The van der Waals surface area contributed by atoms with Gasteiger partial charge in [-0.25, -0.2) is 0 Å². The second-order valence-electron chi connectivity index (χ2n) is 7.85. The van der Waals surface area contributed by atoms with Gasteiger partial charge in [-0.05, 0) is 74.2 Å². The van der Waals surface area contributed by atoms with E-state index in [-0.39, 0.29) is 11.5 Å². The number of carbonyl (C=O) groups is 1. The number of ketones is 1. The summed E-state index contributed by atoms with van der Waals surface area (Å²) in [5, 5.41) is 10.6. The smallest absolute Gasteiger partial charge is 0.232 e. The lowest BCUT2D eigenvalue weighted by molar-refractivity contribution is 0.101. The Morgan fingerprint density at radius 2 is 1.93 bits per heavy atom. The molecule has 1 saturated heterocycles. The molecule has 4 rings (SSSR count). The number of hydrogen-bond donors (Lipinski definition) is 1. The molecule has 1 fully saturated rings. The first kappa shape index (κ1) is 19.2. The number of halogens is 1. The number of phenols is 1. The Hall–Kier alpha value is -2.11. The Balaban J connectivity index is 1.66. The van der Waals surface area contributed by atoms with Crippen LogP contribution >= 0.6 is 15.9 Å². The summed E-state index contributed by atoms with van der Waals surface area (Å²) in [6.07, 6.45) is 4.07. The number of Topliss-reactive ketones (excluding diaryl/α,β-unsaturated/α-hetero) is 1. The van der Waals surface area contributed by atoms with E-state index in [0.29, 0.717) is 29.2 Å². The zero-order chi connectivity index (χ0) is 19.8. The van der Waals surface area contributed by atoms with Gasteiger partial charge in [0.05, 0.1) is 11.1 Å². The normalized spacial score (nSPS) is 19.1. The maximum Gasteiger partial charge on any atom is 0.232 e. The molecule has 146 valence electrons. The van der Waals surface area contributed by atoms with E-state index in [9.17, 15) is 9.90 Å². The summed E-state index contributed by atoms with van der Waals surface area (Å²) in [6.45, 7) is 6.71. The number of rotatable bonds is 3. The standard InChI is InChI=1S/C23H24BrNO3/c1-14-7-9-25(10-8-14)13-18-19(26)11-15(2)21-22(27)20(28-23(18)21)12-16-3-5-17(24)6-4-16/h3-6,11-12,14,26H,7-10,13H2,1-2H3/b20-12-. The fourth-order valence-electron chi connectivity index (χ4n) is 3.89. The van der Waals surface area contributed by atoms with Gasteiger partial charge in [-0.1, -0.05) is 35.0 Å². The van der Waals surface area contributed by atoms with Crippen LogP contribution in [0, 0.1) is 12.8 Å². The number of phenolic OH excluding ortho intramolecular Hbond substituents is 1. The molecule has 2 heterocycles. The molecular formula is C23H24BrNO3. The molecule has 2 aliphatic rings. The fraction of sp³-hybridized carbons (Fsp3) is 0.348. The Morgan fingerprint density at radius 1 is 1.25 bits per heavy atom. The number of fused-ring (bicyclic) bond motifs is 1. The maximum atomic E-state index is 13.0. The number of likely N-dealkylation sites (tertiary alicyclic amines) is 1. The zero-order valence-electron chi connectivity index (χ0n) is 16.2. The quantitative estimate of drug-likeness (QED) is 0.655. The van der Waals surface area contributed by atoms with E-state index < -0.39 is 0 Å². The minimum atomic E-state index is -0.121. The number of aromatic hydroxyl groups is 1. The molecule has 1 N–H and O–H groups in total. The topological polar surface area (TPSA) is 49.8 Å². The van der Waals surface area contributed by atoms with Crippen LogP contribution in [0.3, 0.4) is 0 Å². The second kappa shape index (κ2) is 7.72. The van der Waals surface area contributed by atoms with Gasteiger partial charge in [0.2, 0.25) is 5.78 Å². The SMILES string of the molecule is Cc1cc(O)c(CN2CCC(C)CC2)c2c1C(=O)/C(=C/c1ccc(Br)cc1)O2. The third-order valence-electron chi connectivity index (χ3n) is 5.65. The lowest BCUT2D eigenvalue weighted by Gasteiger charge is -2.30. The van der Waals surface area contributed by atoms with Crippen LogP contribution < -0.4 is 4.74 Å². The van der Waals surface area contributed by atoms with Crippen molar-refractivity contribution in [3.05, 3.63) is 62.8 Å². The number of ether oxygens (including phenoxy) is 1. The highest BCUT2D eigenvalue weighted by molar-refractivity contribution is 9.10. The van der Waals surface area contributed by atoms with Crippen molar-refractivity contribution in [1.82, 2.24) is 4.90 Å². The summed E-state index contributed by atoms with van der Waals surface area (Å²) < 4.78 is 7.00. The molecule has 2 aromatic rings. The fourth-order valence-corrected chi connectivity index (χ4v) is 4.15. The molecule has 5 heteroatoms. The van der Waals surface area contributed by atoms with E-state index >= 15 is 0 Å². The lowest BCUT2D eigenvalue weighted by Crippen LogP contribution is -2.32. The molecule has 0 atom stereocenters. The Bertz CT molecular complexity index is 941. The van der Waals surface area contributed by atoms with Gasteiger partial charge in [-0.3, -0.25) is 9.69 Å². The third kappa shape index (κ3) is 3.74. The number of carbonyl (C=O) groups excluding carboxylic acids is 1. The van der Waals surface area contributed by atoms with Crippen LogP contribution in [-0.2, 0) is 6.54 Å². The van der Waals surface area contributed by atoms with Crippen molar-refractivity contribution < 1.29 is 14.6 Å². The monoisotopic (exact) mass is 441 g/mol. The van der Waals surface area contributed by atoms with E-state index in [1.807, 2.05) is 31.2 Å². The summed E-state index contributed by atoms with van der Waals surface area (Å²) >= 11 is 3.42. The largest absolute Gasteiger partial charge is 0.507 e. The van der Waals surface area contributed by atoms with Gasteiger partial charge in [0, 0.05) is 11.0 Å². The van der Waals surface area contributed by atoms with E-state index in [0.717, 1.165) is 47.4 Å². The molecule has 0 spiro atoms. The number of aryl methyl sites for hydroxylation is 1. The number of nitrogens with zero attached hydrogens (tertiary/aromatic N) is 1. The van der Waals surface area contributed by atoms with E-state index in [4.69, 9.17) is 4.74 Å². The van der Waals surface area contributed by atoms with E-state index in [1.54, 1.807) is 12.1 Å². The van der Waals surface area contributed by atoms with Crippen molar-refractivity contribution >= 4 is 27.8 Å². The third-order valence-corrected chi connectivity index (χ3v) is 6.18. The predicted molar refractivity (Wildman–Crippen MR) is 114 cm³/mol. The van der Waals surface area contributed by atoms with Gasteiger partial charge in [-0.2, -0.15) is 0 Å². The van der Waals surface area contributed by atoms with Crippen LogP contribution in [0.4, 0.5) is 0 Å². The van der Waals surface area contributed by atoms with Crippen LogP contribution in [0.15, 0.2) is 40.6 Å². The highest BCUT2D eigenvalue weighted by atomic mass is 79.9. The number of allylic oxidation sites excluding steroid dienone is 1. The van der Waals surface area contributed by atoms with Crippen molar-refractivity contribution in [2.75, 3.05) is 13.1 Å². The molecule has 0 aromatic heterocycles. The Kier molecular flexibility index (Phi) is 5.30. The van der Waals surface area contributed by atoms with Crippen molar-refractivity contribution in [1.29, 1.82) is 0 Å². The van der Waals surface area contributed by atoms with Gasteiger partial charge < -0.3 is 9.84 Å². The average molecular weight is 442 g/mol. The average Bonchev–Trinajstić information content (AvgIpc) is 2.99. The first-order chi connectivity index (χ1) is 13.4. The van der Waals surface area contributed by atoms with Crippen LogP contribution in [0.25, 0.3) is 6.08 Å². The van der Waals surface area contributed by atoms with Gasteiger partial charge in [-0.15, -0.1) is 0 Å². The molecule has 28 heavy (non-hydrogen) atoms. The van der Waals surface area contributed by atoms with Gasteiger partial charge in [0.15, 0.2) is 5.76 Å². The molecule has 0 unspecified atom stereocenters. The number of hydrogen-bond acceptors (Lipinski definition) is 4. The molecule has 0 bridgehead atoms. The molecule has 0 radical (unpaired) electrons. The van der Waals surface area contributed by atoms with Gasteiger partial charge in [0.1, 0.15) is 11.5 Å². The number of benzene rings is 2. The van der Waals surface area contributed by atoms with Crippen LogP contribution in [0.2, 0.25) is 0 Å². The molecular weight excluding hydrogens is 418 g/mol. The summed E-state index contributed by atoms with van der Waals surface area (Å²) in [4.78, 5) is 15.3. The molecule has 0 saturated carbocycles. The highest BCUT2D eigenvalue weighted by Gasteiger charge is 2.34. The molecule has 4 nitrogen and oxygen atoms in total. The summed E-state index contributed by atoms with van der Waals surface area (Å²) in [5.74, 6) is 1.65. The van der Waals surface area contributed by atoms with Crippen molar-refractivity contribution in [2.24, 2.45) is 5.92 Å². The number of piperidine rings is 1. The summed E-state index contributed by atoms with van der Waals surface area (Å²) in [6, 6.07) is 9.40.